The first kappa shape index (κ1) is 23.0. The molecule has 2 aromatic carbocycles. The topological polar surface area (TPSA) is 116 Å². The minimum atomic E-state index is -3.72. The Morgan fingerprint density at radius 2 is 1.82 bits per heavy atom. The number of nitro benzene ring substituents is 1. The van der Waals surface area contributed by atoms with Gasteiger partial charge in [-0.25, -0.2) is 13.1 Å². The molecule has 1 aliphatic rings. The number of benzene rings is 2. The van der Waals surface area contributed by atoms with E-state index in [1.54, 1.807) is 22.7 Å². The van der Waals surface area contributed by atoms with Crippen LogP contribution in [0.4, 0.5) is 5.69 Å². The number of aromatic nitrogens is 3. The fourth-order valence-corrected chi connectivity index (χ4v) is 5.24. The van der Waals surface area contributed by atoms with Gasteiger partial charge in [0.2, 0.25) is 14.8 Å². The SMILES string of the molecule is COc1cccc(-n2cnn(CN3CCN(S(=O)(=O)c4ccc([N+](=O)[O-])cc4)CC3)c2=S)c1. The summed E-state index contributed by atoms with van der Waals surface area (Å²) in [6.45, 7) is 2.02. The molecule has 0 saturated carbocycles. The number of piperazine rings is 1. The Labute approximate surface area is 195 Å². The van der Waals surface area contributed by atoms with Crippen molar-refractivity contribution in [3.63, 3.8) is 0 Å². The normalized spacial score (nSPS) is 15.4. The monoisotopic (exact) mass is 490 g/mol. The minimum absolute atomic E-state index is 0.0424. The van der Waals surface area contributed by atoms with Gasteiger partial charge in [-0.1, -0.05) is 6.07 Å². The van der Waals surface area contributed by atoms with Crippen molar-refractivity contribution in [2.45, 2.75) is 11.6 Å². The van der Waals surface area contributed by atoms with E-state index in [1.807, 2.05) is 24.3 Å². The molecule has 0 aliphatic carbocycles. The zero-order chi connectivity index (χ0) is 23.6. The number of nitrogens with zero attached hydrogens (tertiary/aromatic N) is 6. The number of non-ortho nitro benzene ring substituents is 1. The summed E-state index contributed by atoms with van der Waals surface area (Å²) in [6.07, 6.45) is 1.65. The smallest absolute Gasteiger partial charge is 0.269 e. The molecule has 0 radical (unpaired) electrons. The van der Waals surface area contributed by atoms with Gasteiger partial charge in [-0.15, -0.1) is 0 Å². The standard InChI is InChI=1S/C20H22N6O5S2/c1-31-18-4-2-3-17(13-18)24-14-21-25(20(24)32)15-22-9-11-23(12-10-22)33(29,30)19-7-5-16(6-8-19)26(27)28/h2-8,13-14H,9-12,15H2,1H3. The summed E-state index contributed by atoms with van der Waals surface area (Å²) in [7, 11) is -2.12. The number of sulfonamides is 1. The molecule has 11 nitrogen and oxygen atoms in total. The van der Waals surface area contributed by atoms with E-state index in [1.165, 1.54) is 28.6 Å². The summed E-state index contributed by atoms with van der Waals surface area (Å²) >= 11 is 5.57. The van der Waals surface area contributed by atoms with E-state index in [2.05, 4.69) is 10.00 Å². The summed E-state index contributed by atoms with van der Waals surface area (Å²) in [4.78, 5) is 12.4. The Bertz CT molecular complexity index is 1310. The maximum Gasteiger partial charge on any atom is 0.269 e. The van der Waals surface area contributed by atoms with Gasteiger partial charge in [0.1, 0.15) is 12.1 Å². The van der Waals surface area contributed by atoms with Gasteiger partial charge in [0.15, 0.2) is 0 Å². The number of hydrogen-bond acceptors (Lipinski definition) is 8. The molecule has 0 spiro atoms. The Morgan fingerprint density at radius 1 is 1.12 bits per heavy atom. The Kier molecular flexibility index (Phi) is 6.56. The van der Waals surface area contributed by atoms with Crippen LogP contribution in [-0.4, -0.2) is 70.2 Å². The van der Waals surface area contributed by atoms with Crippen LogP contribution in [0.3, 0.4) is 0 Å². The molecule has 174 valence electrons. The fraction of sp³-hybridized carbons (Fsp3) is 0.300. The second-order valence-electron chi connectivity index (χ2n) is 7.40. The van der Waals surface area contributed by atoms with Crippen molar-refractivity contribution >= 4 is 27.9 Å². The first-order valence-corrected chi connectivity index (χ1v) is 11.9. The van der Waals surface area contributed by atoms with Gasteiger partial charge in [0.05, 0.1) is 29.3 Å². The molecule has 0 atom stereocenters. The van der Waals surface area contributed by atoms with Crippen molar-refractivity contribution in [3.05, 3.63) is 69.7 Å². The largest absolute Gasteiger partial charge is 0.497 e. The van der Waals surface area contributed by atoms with E-state index in [0.29, 0.717) is 43.4 Å². The average Bonchev–Trinajstić information content (AvgIpc) is 3.19. The van der Waals surface area contributed by atoms with Crippen LogP contribution in [-0.2, 0) is 16.7 Å². The van der Waals surface area contributed by atoms with Gasteiger partial charge in [0, 0.05) is 44.4 Å². The van der Waals surface area contributed by atoms with Crippen LogP contribution >= 0.6 is 12.2 Å². The number of methoxy groups -OCH3 is 1. The molecular formula is C20H22N6O5S2. The fourth-order valence-electron chi connectivity index (χ4n) is 3.56. The summed E-state index contributed by atoms with van der Waals surface area (Å²) in [6, 6.07) is 12.4. The van der Waals surface area contributed by atoms with Gasteiger partial charge in [0.25, 0.3) is 5.69 Å². The van der Waals surface area contributed by atoms with Crippen LogP contribution < -0.4 is 4.74 Å². The summed E-state index contributed by atoms with van der Waals surface area (Å²) < 4.78 is 36.4. The average molecular weight is 491 g/mol. The van der Waals surface area contributed by atoms with Crippen molar-refractivity contribution in [1.82, 2.24) is 23.6 Å². The van der Waals surface area contributed by atoms with E-state index in [0.717, 1.165) is 5.69 Å². The first-order valence-electron chi connectivity index (χ1n) is 10.1. The Hall–Kier alpha value is -3.13. The van der Waals surface area contributed by atoms with Crippen LogP contribution in [0, 0.1) is 14.9 Å². The highest BCUT2D eigenvalue weighted by atomic mass is 32.2. The van der Waals surface area contributed by atoms with E-state index >= 15 is 0 Å². The molecule has 13 heteroatoms. The number of rotatable bonds is 7. The third-order valence-corrected chi connectivity index (χ3v) is 7.74. The predicted molar refractivity (Wildman–Crippen MR) is 122 cm³/mol. The highest BCUT2D eigenvalue weighted by molar-refractivity contribution is 7.89. The first-order chi connectivity index (χ1) is 15.8. The van der Waals surface area contributed by atoms with Crippen molar-refractivity contribution in [1.29, 1.82) is 0 Å². The maximum atomic E-state index is 12.9. The Morgan fingerprint density at radius 3 is 2.45 bits per heavy atom. The van der Waals surface area contributed by atoms with E-state index in [9.17, 15) is 18.5 Å². The van der Waals surface area contributed by atoms with Gasteiger partial charge in [-0.3, -0.25) is 19.6 Å². The summed E-state index contributed by atoms with van der Waals surface area (Å²) in [5.74, 6) is 0.715. The molecule has 4 rings (SSSR count). The quantitative estimate of drug-likeness (QED) is 0.281. The van der Waals surface area contributed by atoms with Crippen molar-refractivity contribution in [3.8, 4) is 11.4 Å². The molecule has 3 aromatic rings. The van der Waals surface area contributed by atoms with E-state index < -0.39 is 14.9 Å². The second kappa shape index (κ2) is 9.39. The molecule has 0 amide bonds. The molecule has 1 fully saturated rings. The zero-order valence-electron chi connectivity index (χ0n) is 17.8. The molecule has 33 heavy (non-hydrogen) atoms. The third-order valence-electron chi connectivity index (χ3n) is 5.42. The number of ether oxygens (including phenoxy) is 1. The lowest BCUT2D eigenvalue weighted by molar-refractivity contribution is -0.384. The van der Waals surface area contributed by atoms with Gasteiger partial charge in [-0.05, 0) is 36.5 Å². The second-order valence-corrected chi connectivity index (χ2v) is 9.70. The lowest BCUT2D eigenvalue weighted by Gasteiger charge is -2.33. The molecule has 1 aliphatic heterocycles. The van der Waals surface area contributed by atoms with Gasteiger partial charge >= 0.3 is 0 Å². The van der Waals surface area contributed by atoms with Crippen LogP contribution in [0.5, 0.6) is 5.75 Å². The molecule has 1 saturated heterocycles. The van der Waals surface area contributed by atoms with E-state index in [-0.39, 0.29) is 10.6 Å². The van der Waals surface area contributed by atoms with Gasteiger partial charge < -0.3 is 4.74 Å². The summed E-state index contributed by atoms with van der Waals surface area (Å²) in [5, 5.41) is 15.2. The molecule has 2 heterocycles. The predicted octanol–water partition coefficient (Wildman–Crippen LogP) is 2.28. The van der Waals surface area contributed by atoms with Crippen LogP contribution in [0.25, 0.3) is 5.69 Å². The molecular weight excluding hydrogens is 468 g/mol. The van der Waals surface area contributed by atoms with Crippen LogP contribution in [0.15, 0.2) is 59.8 Å². The Balaban J connectivity index is 1.41. The lowest BCUT2D eigenvalue weighted by atomic mass is 10.3. The molecule has 1 aromatic heterocycles. The third kappa shape index (κ3) is 4.80. The maximum absolute atomic E-state index is 12.9. The summed E-state index contributed by atoms with van der Waals surface area (Å²) in [5.41, 5.74) is 0.688. The van der Waals surface area contributed by atoms with Crippen LogP contribution in [0.1, 0.15) is 0 Å². The number of nitro groups is 1. The van der Waals surface area contributed by atoms with Crippen molar-refractivity contribution in [2.75, 3.05) is 33.3 Å². The molecule has 0 unspecified atom stereocenters. The minimum Gasteiger partial charge on any atom is -0.497 e. The molecule has 0 N–H and O–H groups in total. The highest BCUT2D eigenvalue weighted by Crippen LogP contribution is 2.21. The highest BCUT2D eigenvalue weighted by Gasteiger charge is 2.29. The van der Waals surface area contributed by atoms with Gasteiger partial charge in [-0.2, -0.15) is 9.40 Å². The van der Waals surface area contributed by atoms with Crippen molar-refractivity contribution < 1.29 is 18.1 Å². The molecule has 0 bridgehead atoms. The number of hydrogen-bond donors (Lipinski definition) is 0. The van der Waals surface area contributed by atoms with Crippen LogP contribution in [0.2, 0.25) is 0 Å². The van der Waals surface area contributed by atoms with Crippen molar-refractivity contribution in [2.24, 2.45) is 0 Å². The van der Waals surface area contributed by atoms with E-state index in [4.69, 9.17) is 17.0 Å². The lowest BCUT2D eigenvalue weighted by Crippen LogP contribution is -2.48. The zero-order valence-corrected chi connectivity index (χ0v) is 19.4.